The SMILES string of the molecule is NC1CCCCC1c1ccc(Br)o1. The smallest absolute Gasteiger partial charge is 0.169 e. The first-order valence-electron chi connectivity index (χ1n) is 4.78. The molecule has 1 aromatic heterocycles. The molecule has 0 spiro atoms. The van der Waals surface area contributed by atoms with E-state index in [-0.39, 0.29) is 6.04 Å². The van der Waals surface area contributed by atoms with E-state index >= 15 is 0 Å². The maximum Gasteiger partial charge on any atom is 0.169 e. The molecule has 0 bridgehead atoms. The van der Waals surface area contributed by atoms with Crippen LogP contribution in [0.1, 0.15) is 37.4 Å². The third-order valence-corrected chi connectivity index (χ3v) is 3.21. The van der Waals surface area contributed by atoms with Crippen molar-refractivity contribution < 1.29 is 4.42 Å². The van der Waals surface area contributed by atoms with Crippen LogP contribution >= 0.6 is 15.9 Å². The fourth-order valence-electron chi connectivity index (χ4n) is 2.04. The average Bonchev–Trinajstić information content (AvgIpc) is 2.53. The molecule has 2 nitrogen and oxygen atoms in total. The molecule has 1 saturated carbocycles. The summed E-state index contributed by atoms with van der Waals surface area (Å²) < 4.78 is 6.34. The lowest BCUT2D eigenvalue weighted by Crippen LogP contribution is -2.31. The molecule has 0 aliphatic heterocycles. The zero-order valence-electron chi connectivity index (χ0n) is 7.50. The van der Waals surface area contributed by atoms with Gasteiger partial charge in [-0.3, -0.25) is 0 Å². The standard InChI is InChI=1S/C10H14BrNO/c11-10-6-5-9(13-10)7-3-1-2-4-8(7)12/h5-8H,1-4,12H2. The van der Waals surface area contributed by atoms with Gasteiger partial charge in [-0.15, -0.1) is 0 Å². The second-order valence-corrected chi connectivity index (χ2v) is 4.48. The van der Waals surface area contributed by atoms with E-state index in [0.717, 1.165) is 16.9 Å². The third kappa shape index (κ3) is 1.97. The monoisotopic (exact) mass is 243 g/mol. The number of halogens is 1. The molecule has 3 heteroatoms. The lowest BCUT2D eigenvalue weighted by molar-refractivity contribution is 0.330. The number of nitrogens with two attached hydrogens (primary N) is 1. The second kappa shape index (κ2) is 3.84. The summed E-state index contributed by atoms with van der Waals surface area (Å²) >= 11 is 3.31. The van der Waals surface area contributed by atoms with Crippen LogP contribution in [0.5, 0.6) is 0 Å². The minimum absolute atomic E-state index is 0.284. The molecule has 0 saturated heterocycles. The fourth-order valence-corrected chi connectivity index (χ4v) is 2.36. The van der Waals surface area contributed by atoms with Gasteiger partial charge in [0.15, 0.2) is 4.67 Å². The van der Waals surface area contributed by atoms with Crippen LogP contribution in [-0.2, 0) is 0 Å². The van der Waals surface area contributed by atoms with Gasteiger partial charge < -0.3 is 10.2 Å². The molecule has 2 atom stereocenters. The van der Waals surface area contributed by atoms with Crippen LogP contribution in [0.25, 0.3) is 0 Å². The van der Waals surface area contributed by atoms with Crippen molar-refractivity contribution in [2.24, 2.45) is 5.73 Å². The molecule has 1 aromatic rings. The predicted octanol–water partition coefficient (Wildman–Crippen LogP) is 3.03. The van der Waals surface area contributed by atoms with Gasteiger partial charge in [0.05, 0.1) is 0 Å². The van der Waals surface area contributed by atoms with Gasteiger partial charge in [-0.25, -0.2) is 0 Å². The van der Waals surface area contributed by atoms with Crippen molar-refractivity contribution in [2.45, 2.75) is 37.6 Å². The Kier molecular flexibility index (Phi) is 2.74. The molecule has 1 aliphatic rings. The van der Waals surface area contributed by atoms with Crippen LogP contribution in [0.15, 0.2) is 21.2 Å². The Morgan fingerprint density at radius 3 is 2.69 bits per heavy atom. The molecular weight excluding hydrogens is 230 g/mol. The largest absolute Gasteiger partial charge is 0.454 e. The first-order valence-corrected chi connectivity index (χ1v) is 5.57. The summed E-state index contributed by atoms with van der Waals surface area (Å²) in [6.45, 7) is 0. The zero-order valence-corrected chi connectivity index (χ0v) is 9.09. The van der Waals surface area contributed by atoms with Gasteiger partial charge in [-0.05, 0) is 40.9 Å². The first kappa shape index (κ1) is 9.28. The van der Waals surface area contributed by atoms with Crippen molar-refractivity contribution in [3.05, 3.63) is 22.6 Å². The van der Waals surface area contributed by atoms with Crippen molar-refractivity contribution in [1.29, 1.82) is 0 Å². The van der Waals surface area contributed by atoms with Crippen molar-refractivity contribution in [2.75, 3.05) is 0 Å². The van der Waals surface area contributed by atoms with Crippen LogP contribution < -0.4 is 5.73 Å². The second-order valence-electron chi connectivity index (χ2n) is 3.70. The maximum absolute atomic E-state index is 6.04. The number of hydrogen-bond acceptors (Lipinski definition) is 2. The predicted molar refractivity (Wildman–Crippen MR) is 55.6 cm³/mol. The van der Waals surface area contributed by atoms with E-state index in [2.05, 4.69) is 15.9 Å². The summed E-state index contributed by atoms with van der Waals surface area (Å²) in [6, 6.07) is 4.25. The molecule has 1 aliphatic carbocycles. The highest BCUT2D eigenvalue weighted by molar-refractivity contribution is 9.10. The number of hydrogen-bond donors (Lipinski definition) is 1. The van der Waals surface area contributed by atoms with Gasteiger partial charge in [0.25, 0.3) is 0 Å². The Hall–Kier alpha value is -0.280. The lowest BCUT2D eigenvalue weighted by Gasteiger charge is -2.26. The minimum atomic E-state index is 0.284. The fraction of sp³-hybridized carbons (Fsp3) is 0.600. The van der Waals surface area contributed by atoms with Gasteiger partial charge in [0.2, 0.25) is 0 Å². The highest BCUT2D eigenvalue weighted by Gasteiger charge is 2.25. The molecule has 72 valence electrons. The molecule has 1 fully saturated rings. The Bertz CT molecular complexity index is 284. The molecule has 0 aromatic carbocycles. The number of rotatable bonds is 1. The molecular formula is C10H14BrNO. The van der Waals surface area contributed by atoms with E-state index < -0.39 is 0 Å². The van der Waals surface area contributed by atoms with Gasteiger partial charge in [0.1, 0.15) is 5.76 Å². The summed E-state index contributed by atoms with van der Waals surface area (Å²) in [7, 11) is 0. The Labute approximate surface area is 86.6 Å². The van der Waals surface area contributed by atoms with E-state index in [0.29, 0.717) is 5.92 Å². The van der Waals surface area contributed by atoms with E-state index in [4.69, 9.17) is 10.2 Å². The Balaban J connectivity index is 2.14. The summed E-state index contributed by atoms with van der Waals surface area (Å²) in [5.74, 6) is 1.47. The molecule has 13 heavy (non-hydrogen) atoms. The van der Waals surface area contributed by atoms with Crippen LogP contribution in [0.3, 0.4) is 0 Å². The molecule has 2 N–H and O–H groups in total. The average molecular weight is 244 g/mol. The topological polar surface area (TPSA) is 39.2 Å². The summed E-state index contributed by atoms with van der Waals surface area (Å²) in [4.78, 5) is 0. The first-order chi connectivity index (χ1) is 6.27. The van der Waals surface area contributed by atoms with Gasteiger partial charge >= 0.3 is 0 Å². The van der Waals surface area contributed by atoms with Crippen LogP contribution in [0.4, 0.5) is 0 Å². The van der Waals surface area contributed by atoms with Crippen molar-refractivity contribution in [3.8, 4) is 0 Å². The van der Waals surface area contributed by atoms with Crippen molar-refractivity contribution >= 4 is 15.9 Å². The van der Waals surface area contributed by atoms with E-state index in [1.165, 1.54) is 19.3 Å². The van der Waals surface area contributed by atoms with Crippen LogP contribution in [0, 0.1) is 0 Å². The lowest BCUT2D eigenvalue weighted by atomic mass is 9.83. The summed E-state index contributed by atoms with van der Waals surface area (Å²) in [5.41, 5.74) is 6.04. The molecule has 0 amide bonds. The van der Waals surface area contributed by atoms with E-state index in [9.17, 15) is 0 Å². The Morgan fingerprint density at radius 1 is 1.31 bits per heavy atom. The maximum atomic E-state index is 6.04. The zero-order chi connectivity index (χ0) is 9.26. The van der Waals surface area contributed by atoms with Crippen molar-refractivity contribution in [3.63, 3.8) is 0 Å². The highest BCUT2D eigenvalue weighted by atomic mass is 79.9. The Morgan fingerprint density at radius 2 is 2.08 bits per heavy atom. The third-order valence-electron chi connectivity index (χ3n) is 2.78. The van der Waals surface area contributed by atoms with Crippen LogP contribution in [0.2, 0.25) is 0 Å². The quantitative estimate of drug-likeness (QED) is 0.824. The van der Waals surface area contributed by atoms with Crippen LogP contribution in [-0.4, -0.2) is 6.04 Å². The van der Waals surface area contributed by atoms with Gasteiger partial charge in [-0.2, -0.15) is 0 Å². The van der Waals surface area contributed by atoms with Gasteiger partial charge in [0, 0.05) is 12.0 Å². The number of furan rings is 1. The molecule has 2 unspecified atom stereocenters. The summed E-state index contributed by atoms with van der Waals surface area (Å²) in [5, 5.41) is 0. The summed E-state index contributed by atoms with van der Waals surface area (Å²) in [6.07, 6.45) is 4.83. The normalized spacial score (nSPS) is 29.1. The van der Waals surface area contributed by atoms with Crippen molar-refractivity contribution in [1.82, 2.24) is 0 Å². The van der Waals surface area contributed by atoms with Gasteiger partial charge in [-0.1, -0.05) is 12.8 Å². The molecule has 2 rings (SSSR count). The highest BCUT2D eigenvalue weighted by Crippen LogP contribution is 2.33. The van der Waals surface area contributed by atoms with E-state index in [1.807, 2.05) is 12.1 Å². The minimum Gasteiger partial charge on any atom is -0.454 e. The molecule has 1 heterocycles. The van der Waals surface area contributed by atoms with E-state index in [1.54, 1.807) is 0 Å². The molecule has 0 radical (unpaired) electrons.